The van der Waals surface area contributed by atoms with Gasteiger partial charge in [0, 0.05) is 15.8 Å². The van der Waals surface area contributed by atoms with Gasteiger partial charge in [0.2, 0.25) is 0 Å². The van der Waals surface area contributed by atoms with Crippen molar-refractivity contribution in [2.24, 2.45) is 0 Å². The van der Waals surface area contributed by atoms with Gasteiger partial charge in [-0.1, -0.05) is 34.1 Å². The number of alkyl halides is 1. The van der Waals surface area contributed by atoms with Crippen LogP contribution in [0.15, 0.2) is 34.9 Å². The molecule has 0 fully saturated rings. The lowest BCUT2D eigenvalue weighted by Gasteiger charge is -2.10. The van der Waals surface area contributed by atoms with Crippen LogP contribution in [0.4, 0.5) is 0 Å². The second-order valence-electron chi connectivity index (χ2n) is 3.31. The van der Waals surface area contributed by atoms with Gasteiger partial charge in [-0.15, -0.1) is 0 Å². The van der Waals surface area contributed by atoms with E-state index < -0.39 is 6.10 Å². The minimum atomic E-state index is -0.529. The third-order valence-electron chi connectivity index (χ3n) is 2.26. The maximum atomic E-state index is 9.88. The van der Waals surface area contributed by atoms with Crippen molar-refractivity contribution in [2.45, 2.75) is 17.9 Å². The lowest BCUT2D eigenvalue weighted by atomic mass is 10.1. The van der Waals surface area contributed by atoms with Gasteiger partial charge in [0.15, 0.2) is 0 Å². The molecule has 0 aliphatic rings. The molecule has 0 amide bonds. The fourth-order valence-corrected chi connectivity index (χ4v) is 1.76. The van der Waals surface area contributed by atoms with Gasteiger partial charge in [0.05, 0.1) is 12.4 Å². The number of furan rings is 1. The topological polar surface area (TPSA) is 33.4 Å². The number of para-hydroxylation sites is 1. The minimum absolute atomic E-state index is 0.0171. The first-order chi connectivity index (χ1) is 6.70. The number of hydrogen-bond donors (Lipinski definition) is 1. The monoisotopic (exact) mass is 254 g/mol. The van der Waals surface area contributed by atoms with E-state index in [0.717, 1.165) is 16.5 Å². The summed E-state index contributed by atoms with van der Waals surface area (Å²) in [6.45, 7) is 1.91. The molecular weight excluding hydrogens is 244 g/mol. The Bertz CT molecular complexity index is 434. The normalized spacial score (nSPS) is 15.6. The Kier molecular flexibility index (Phi) is 2.61. The van der Waals surface area contributed by atoms with Gasteiger partial charge in [-0.25, -0.2) is 0 Å². The molecule has 2 rings (SSSR count). The van der Waals surface area contributed by atoms with E-state index in [1.165, 1.54) is 0 Å². The van der Waals surface area contributed by atoms with Crippen LogP contribution in [-0.4, -0.2) is 9.93 Å². The van der Waals surface area contributed by atoms with Crippen LogP contribution in [0.5, 0.6) is 0 Å². The lowest BCUT2D eigenvalue weighted by Crippen LogP contribution is -2.06. The number of fused-ring (bicyclic) bond motifs is 1. The molecule has 0 bridgehead atoms. The predicted molar refractivity (Wildman–Crippen MR) is 59.6 cm³/mol. The molecule has 2 nitrogen and oxygen atoms in total. The number of benzene rings is 1. The molecule has 0 radical (unpaired) electrons. The molecule has 1 heterocycles. The fraction of sp³-hybridized carbons (Fsp3) is 0.273. The third-order valence-corrected chi connectivity index (χ3v) is 2.77. The number of rotatable bonds is 2. The Hall–Kier alpha value is -0.800. The van der Waals surface area contributed by atoms with Gasteiger partial charge < -0.3 is 9.52 Å². The molecule has 0 aliphatic carbocycles. The summed E-state index contributed by atoms with van der Waals surface area (Å²) in [5.74, 6) is 0. The summed E-state index contributed by atoms with van der Waals surface area (Å²) in [6.07, 6.45) is 1.09. The van der Waals surface area contributed by atoms with E-state index in [9.17, 15) is 5.11 Å². The molecule has 0 aliphatic heterocycles. The molecule has 2 unspecified atom stereocenters. The Morgan fingerprint density at radius 3 is 2.79 bits per heavy atom. The van der Waals surface area contributed by atoms with Crippen LogP contribution in [-0.2, 0) is 0 Å². The Morgan fingerprint density at radius 2 is 2.07 bits per heavy atom. The molecule has 1 N–H and O–H groups in total. The van der Waals surface area contributed by atoms with Gasteiger partial charge in [-0.05, 0) is 13.0 Å². The van der Waals surface area contributed by atoms with Crippen LogP contribution in [0.3, 0.4) is 0 Å². The molecule has 3 heteroatoms. The van der Waals surface area contributed by atoms with Crippen molar-refractivity contribution in [3.05, 3.63) is 36.1 Å². The molecule has 14 heavy (non-hydrogen) atoms. The van der Waals surface area contributed by atoms with Crippen LogP contribution in [0.2, 0.25) is 0 Å². The van der Waals surface area contributed by atoms with Crippen molar-refractivity contribution in [1.82, 2.24) is 0 Å². The highest BCUT2D eigenvalue weighted by atomic mass is 79.9. The van der Waals surface area contributed by atoms with Crippen LogP contribution >= 0.6 is 15.9 Å². The number of hydrogen-bond acceptors (Lipinski definition) is 2. The van der Waals surface area contributed by atoms with Gasteiger partial charge >= 0.3 is 0 Å². The molecule has 0 saturated heterocycles. The number of aliphatic hydroxyl groups is 1. The van der Waals surface area contributed by atoms with E-state index in [1.807, 2.05) is 31.2 Å². The third kappa shape index (κ3) is 1.57. The Morgan fingerprint density at radius 1 is 1.36 bits per heavy atom. The highest BCUT2D eigenvalue weighted by Gasteiger charge is 2.18. The van der Waals surface area contributed by atoms with Gasteiger partial charge in [0.25, 0.3) is 0 Å². The van der Waals surface area contributed by atoms with Crippen LogP contribution < -0.4 is 0 Å². The molecule has 0 spiro atoms. The summed E-state index contributed by atoms with van der Waals surface area (Å²) in [6, 6.07) is 7.70. The molecule has 2 aromatic rings. The molecular formula is C11H11BrO2. The highest BCUT2D eigenvalue weighted by Crippen LogP contribution is 2.30. The van der Waals surface area contributed by atoms with Crippen molar-refractivity contribution >= 4 is 26.9 Å². The lowest BCUT2D eigenvalue weighted by molar-refractivity contribution is 0.182. The largest absolute Gasteiger partial charge is 0.464 e. The maximum Gasteiger partial charge on any atom is 0.134 e. The molecule has 1 aromatic heterocycles. The van der Waals surface area contributed by atoms with E-state index in [1.54, 1.807) is 6.26 Å². The smallest absolute Gasteiger partial charge is 0.134 e. The summed E-state index contributed by atoms with van der Waals surface area (Å²) in [7, 11) is 0. The number of aliphatic hydroxyl groups excluding tert-OH is 1. The summed E-state index contributed by atoms with van der Waals surface area (Å²) < 4.78 is 5.34. The second-order valence-corrected chi connectivity index (χ2v) is 4.75. The maximum absolute atomic E-state index is 9.88. The summed E-state index contributed by atoms with van der Waals surface area (Å²) >= 11 is 3.36. The van der Waals surface area contributed by atoms with E-state index in [4.69, 9.17) is 4.42 Å². The molecule has 1 aromatic carbocycles. The van der Waals surface area contributed by atoms with Crippen molar-refractivity contribution in [3.63, 3.8) is 0 Å². The van der Waals surface area contributed by atoms with Crippen LogP contribution in [0.25, 0.3) is 11.0 Å². The van der Waals surface area contributed by atoms with E-state index in [-0.39, 0.29) is 4.83 Å². The number of halogens is 1. The SMILES string of the molecule is CC(Br)C(O)c1coc2ccccc12. The Labute approximate surface area is 90.7 Å². The summed E-state index contributed by atoms with van der Waals surface area (Å²) in [4.78, 5) is 0.0171. The summed E-state index contributed by atoms with van der Waals surface area (Å²) in [5.41, 5.74) is 1.65. The average molecular weight is 255 g/mol. The van der Waals surface area contributed by atoms with Crippen molar-refractivity contribution in [1.29, 1.82) is 0 Å². The van der Waals surface area contributed by atoms with E-state index >= 15 is 0 Å². The van der Waals surface area contributed by atoms with Crippen LogP contribution in [0.1, 0.15) is 18.6 Å². The Balaban J connectivity index is 2.53. The first kappa shape index (κ1) is 9.74. The zero-order valence-electron chi connectivity index (χ0n) is 7.77. The van der Waals surface area contributed by atoms with Gasteiger partial charge in [0.1, 0.15) is 5.58 Å². The zero-order valence-corrected chi connectivity index (χ0v) is 9.36. The van der Waals surface area contributed by atoms with E-state index in [0.29, 0.717) is 0 Å². The predicted octanol–water partition coefficient (Wildman–Crippen LogP) is 3.25. The standard InChI is InChI=1S/C11H11BrO2/c1-7(12)11(13)9-6-14-10-5-3-2-4-8(9)10/h2-7,11,13H,1H3. The van der Waals surface area contributed by atoms with Crippen LogP contribution in [0, 0.1) is 0 Å². The molecule has 74 valence electrons. The quantitative estimate of drug-likeness (QED) is 0.835. The first-order valence-electron chi connectivity index (χ1n) is 4.48. The highest BCUT2D eigenvalue weighted by molar-refractivity contribution is 9.09. The molecule has 0 saturated carbocycles. The first-order valence-corrected chi connectivity index (χ1v) is 5.40. The fourth-order valence-electron chi connectivity index (χ4n) is 1.47. The summed E-state index contributed by atoms with van der Waals surface area (Å²) in [5, 5.41) is 10.9. The zero-order chi connectivity index (χ0) is 10.1. The van der Waals surface area contributed by atoms with Crippen molar-refractivity contribution in [2.75, 3.05) is 0 Å². The second kappa shape index (κ2) is 3.75. The van der Waals surface area contributed by atoms with Gasteiger partial charge in [-0.2, -0.15) is 0 Å². The van der Waals surface area contributed by atoms with Crippen molar-refractivity contribution < 1.29 is 9.52 Å². The van der Waals surface area contributed by atoms with Crippen molar-refractivity contribution in [3.8, 4) is 0 Å². The average Bonchev–Trinajstić information content (AvgIpc) is 2.60. The minimum Gasteiger partial charge on any atom is -0.464 e. The molecule has 2 atom stereocenters. The van der Waals surface area contributed by atoms with E-state index in [2.05, 4.69) is 15.9 Å². The van der Waals surface area contributed by atoms with Gasteiger partial charge in [-0.3, -0.25) is 0 Å².